The van der Waals surface area contributed by atoms with Crippen LogP contribution in [-0.2, 0) is 9.59 Å². The van der Waals surface area contributed by atoms with Crippen LogP contribution >= 0.6 is 0 Å². The van der Waals surface area contributed by atoms with Gasteiger partial charge in [-0.05, 0) is 18.8 Å². The van der Waals surface area contributed by atoms with Crippen LogP contribution in [0.2, 0.25) is 0 Å². The molecular formula is C10H16N2O3. The number of hydrogen-bond acceptors (Lipinski definition) is 3. The van der Waals surface area contributed by atoms with Crippen LogP contribution in [0.15, 0.2) is 11.8 Å². The second kappa shape index (κ2) is 4.82. The maximum atomic E-state index is 11.5. The van der Waals surface area contributed by atoms with E-state index in [4.69, 9.17) is 10.8 Å². The van der Waals surface area contributed by atoms with Crippen molar-refractivity contribution in [3.8, 4) is 0 Å². The Labute approximate surface area is 88.5 Å². The van der Waals surface area contributed by atoms with Gasteiger partial charge in [0.05, 0.1) is 6.08 Å². The van der Waals surface area contributed by atoms with E-state index >= 15 is 0 Å². The lowest BCUT2D eigenvalue weighted by molar-refractivity contribution is -0.128. The van der Waals surface area contributed by atoms with Gasteiger partial charge >= 0.3 is 0 Å². The summed E-state index contributed by atoms with van der Waals surface area (Å²) in [7, 11) is 0. The maximum absolute atomic E-state index is 11.5. The van der Waals surface area contributed by atoms with E-state index in [1.807, 2.05) is 0 Å². The summed E-state index contributed by atoms with van der Waals surface area (Å²) >= 11 is 0. The van der Waals surface area contributed by atoms with Crippen LogP contribution in [-0.4, -0.2) is 34.9 Å². The summed E-state index contributed by atoms with van der Waals surface area (Å²) < 4.78 is 0. The number of rotatable bonds is 2. The van der Waals surface area contributed by atoms with Gasteiger partial charge in [-0.2, -0.15) is 0 Å². The number of carbonyl (C=O) groups excluding carboxylic acids is 2. The van der Waals surface area contributed by atoms with E-state index in [9.17, 15) is 9.59 Å². The van der Waals surface area contributed by atoms with Gasteiger partial charge in [0.25, 0.3) is 5.91 Å². The largest absolute Gasteiger partial charge is 0.503 e. The van der Waals surface area contributed by atoms with Crippen LogP contribution in [0.25, 0.3) is 0 Å². The minimum Gasteiger partial charge on any atom is -0.503 e. The van der Waals surface area contributed by atoms with Crippen molar-refractivity contribution in [1.82, 2.24) is 4.90 Å². The van der Waals surface area contributed by atoms with Crippen molar-refractivity contribution in [1.29, 1.82) is 0 Å². The highest BCUT2D eigenvalue weighted by atomic mass is 16.3. The molecule has 0 spiro atoms. The number of primary amides is 1. The van der Waals surface area contributed by atoms with Crippen molar-refractivity contribution in [3.05, 3.63) is 11.8 Å². The molecular weight excluding hydrogens is 196 g/mol. The van der Waals surface area contributed by atoms with Gasteiger partial charge in [-0.25, -0.2) is 0 Å². The Morgan fingerprint density at radius 1 is 1.40 bits per heavy atom. The maximum Gasteiger partial charge on any atom is 0.283 e. The normalized spacial score (nSPS) is 19.0. The summed E-state index contributed by atoms with van der Waals surface area (Å²) in [5.74, 6) is -1.38. The molecule has 0 aromatic carbocycles. The fourth-order valence-electron chi connectivity index (χ4n) is 1.51. The highest BCUT2D eigenvalue weighted by molar-refractivity contribution is 5.98. The first kappa shape index (κ1) is 11.6. The highest BCUT2D eigenvalue weighted by Crippen LogP contribution is 2.16. The zero-order valence-electron chi connectivity index (χ0n) is 8.77. The third kappa shape index (κ3) is 3.27. The second-order valence-corrected chi connectivity index (χ2v) is 3.90. The van der Waals surface area contributed by atoms with Crippen LogP contribution in [0.5, 0.6) is 0 Å². The summed E-state index contributed by atoms with van der Waals surface area (Å²) in [5.41, 5.74) is 4.81. The van der Waals surface area contributed by atoms with E-state index in [2.05, 4.69) is 6.92 Å². The molecule has 1 fully saturated rings. The van der Waals surface area contributed by atoms with Crippen molar-refractivity contribution in [2.75, 3.05) is 13.1 Å². The molecule has 0 bridgehead atoms. The first-order valence-electron chi connectivity index (χ1n) is 5.00. The zero-order chi connectivity index (χ0) is 11.4. The standard InChI is InChI=1S/C10H16N2O3/c1-7-2-4-12(5-3-7)9(14)6-8(13)10(11)15/h6-7,13H,2-5H2,1H3,(H2,11,15). The van der Waals surface area contributed by atoms with E-state index in [-0.39, 0.29) is 5.91 Å². The Morgan fingerprint density at radius 2 is 1.93 bits per heavy atom. The molecule has 0 unspecified atom stereocenters. The number of aliphatic hydroxyl groups is 1. The molecule has 1 aliphatic heterocycles. The monoisotopic (exact) mass is 212 g/mol. The van der Waals surface area contributed by atoms with Crippen molar-refractivity contribution < 1.29 is 14.7 Å². The topological polar surface area (TPSA) is 83.6 Å². The van der Waals surface area contributed by atoms with Gasteiger partial charge in [0.1, 0.15) is 0 Å². The molecule has 2 amide bonds. The minimum absolute atomic E-state index is 0.349. The molecule has 1 rings (SSSR count). The lowest BCUT2D eigenvalue weighted by Gasteiger charge is -2.29. The Morgan fingerprint density at radius 3 is 2.40 bits per heavy atom. The van der Waals surface area contributed by atoms with Gasteiger partial charge in [0.2, 0.25) is 5.91 Å². The number of nitrogens with two attached hydrogens (primary N) is 1. The van der Waals surface area contributed by atoms with Crippen molar-refractivity contribution in [3.63, 3.8) is 0 Å². The van der Waals surface area contributed by atoms with Crippen molar-refractivity contribution in [2.24, 2.45) is 11.7 Å². The van der Waals surface area contributed by atoms with Crippen LogP contribution < -0.4 is 5.73 Å². The SMILES string of the molecule is CC1CCN(C(=O)C=C(O)C(N)=O)CC1. The average Bonchev–Trinajstić information content (AvgIpc) is 2.18. The lowest BCUT2D eigenvalue weighted by atomic mass is 9.99. The molecule has 15 heavy (non-hydrogen) atoms. The Hall–Kier alpha value is -1.52. The number of amides is 2. The minimum atomic E-state index is -0.978. The predicted molar refractivity (Wildman–Crippen MR) is 54.9 cm³/mol. The molecule has 3 N–H and O–H groups in total. The number of hydrogen-bond donors (Lipinski definition) is 2. The zero-order valence-corrected chi connectivity index (χ0v) is 8.77. The molecule has 1 aliphatic rings. The molecule has 0 aromatic heterocycles. The van der Waals surface area contributed by atoms with Crippen molar-refractivity contribution in [2.45, 2.75) is 19.8 Å². The van der Waals surface area contributed by atoms with Crippen LogP contribution in [0, 0.1) is 5.92 Å². The van der Waals surface area contributed by atoms with Crippen LogP contribution in [0.1, 0.15) is 19.8 Å². The van der Waals surface area contributed by atoms with Gasteiger partial charge in [0.15, 0.2) is 5.76 Å². The van der Waals surface area contributed by atoms with E-state index in [1.54, 1.807) is 4.90 Å². The number of carbonyl (C=O) groups is 2. The third-order valence-corrected chi connectivity index (χ3v) is 2.61. The number of nitrogens with zero attached hydrogens (tertiary/aromatic N) is 1. The lowest BCUT2D eigenvalue weighted by Crippen LogP contribution is -2.37. The smallest absolute Gasteiger partial charge is 0.283 e. The summed E-state index contributed by atoms with van der Waals surface area (Å²) in [4.78, 5) is 23.6. The van der Waals surface area contributed by atoms with Gasteiger partial charge < -0.3 is 15.7 Å². The van der Waals surface area contributed by atoms with Gasteiger partial charge in [0, 0.05) is 13.1 Å². The molecule has 0 atom stereocenters. The van der Waals surface area contributed by atoms with Gasteiger partial charge in [-0.3, -0.25) is 9.59 Å². The third-order valence-electron chi connectivity index (χ3n) is 2.61. The highest BCUT2D eigenvalue weighted by Gasteiger charge is 2.19. The van der Waals surface area contributed by atoms with E-state index in [1.165, 1.54) is 0 Å². The average molecular weight is 212 g/mol. The number of likely N-dealkylation sites (tertiary alicyclic amines) is 1. The molecule has 0 aliphatic carbocycles. The summed E-state index contributed by atoms with van der Waals surface area (Å²) in [6.45, 7) is 3.48. The predicted octanol–water partition coefficient (Wildman–Crippen LogP) is 0.172. The van der Waals surface area contributed by atoms with E-state index in [0.29, 0.717) is 19.0 Å². The molecule has 84 valence electrons. The quantitative estimate of drug-likeness (QED) is 0.505. The van der Waals surface area contributed by atoms with Crippen molar-refractivity contribution >= 4 is 11.8 Å². The Bertz CT molecular complexity index is 291. The summed E-state index contributed by atoms with van der Waals surface area (Å²) in [6.07, 6.45) is 2.80. The van der Waals surface area contributed by atoms with Crippen LogP contribution in [0.4, 0.5) is 0 Å². The molecule has 1 heterocycles. The molecule has 5 heteroatoms. The molecule has 0 radical (unpaired) electrons. The fraction of sp³-hybridized carbons (Fsp3) is 0.600. The first-order valence-corrected chi connectivity index (χ1v) is 5.00. The molecule has 5 nitrogen and oxygen atoms in total. The van der Waals surface area contributed by atoms with Gasteiger partial charge in [-0.15, -0.1) is 0 Å². The molecule has 0 aromatic rings. The van der Waals surface area contributed by atoms with E-state index in [0.717, 1.165) is 18.9 Å². The Balaban J connectivity index is 2.54. The Kier molecular flexibility index (Phi) is 3.71. The summed E-state index contributed by atoms with van der Waals surface area (Å²) in [5, 5.41) is 9.02. The molecule has 1 saturated heterocycles. The second-order valence-electron chi connectivity index (χ2n) is 3.90. The molecule has 0 saturated carbocycles. The fourth-order valence-corrected chi connectivity index (χ4v) is 1.51. The van der Waals surface area contributed by atoms with Crippen LogP contribution in [0.3, 0.4) is 0 Å². The van der Waals surface area contributed by atoms with E-state index < -0.39 is 11.7 Å². The summed E-state index contributed by atoms with van der Waals surface area (Å²) in [6, 6.07) is 0. The number of piperidine rings is 1. The first-order chi connectivity index (χ1) is 7.00. The van der Waals surface area contributed by atoms with Gasteiger partial charge in [-0.1, -0.05) is 6.92 Å². The number of aliphatic hydroxyl groups excluding tert-OH is 1.